The number of nitro groups is 1. The highest BCUT2D eigenvalue weighted by atomic mass is 19.1. The lowest BCUT2D eigenvalue weighted by molar-refractivity contribution is -0.385. The van der Waals surface area contributed by atoms with Crippen LogP contribution < -0.4 is 0 Å². The maximum Gasteiger partial charge on any atom is 0.272 e. The Balaban J connectivity index is 2.00. The SMILES string of the molecule is Cc1ccc(-c2cc(-c3ccc([N+](=O)[O-])cc3F)[nH]n2)c(O)c1. The number of benzene rings is 2. The van der Waals surface area contributed by atoms with E-state index in [9.17, 15) is 19.6 Å². The van der Waals surface area contributed by atoms with Crippen LogP contribution in [0.4, 0.5) is 10.1 Å². The van der Waals surface area contributed by atoms with Crippen molar-refractivity contribution in [2.45, 2.75) is 6.92 Å². The molecule has 0 amide bonds. The molecule has 0 saturated heterocycles. The van der Waals surface area contributed by atoms with Gasteiger partial charge in [-0.3, -0.25) is 15.2 Å². The van der Waals surface area contributed by atoms with E-state index in [-0.39, 0.29) is 17.0 Å². The number of aromatic amines is 1. The summed E-state index contributed by atoms with van der Waals surface area (Å²) in [6.07, 6.45) is 0. The third kappa shape index (κ3) is 2.76. The molecule has 7 heteroatoms. The van der Waals surface area contributed by atoms with E-state index in [4.69, 9.17) is 0 Å². The molecule has 1 heterocycles. The highest BCUT2D eigenvalue weighted by Gasteiger charge is 2.15. The molecular weight excluding hydrogens is 301 g/mol. The number of nitrogens with zero attached hydrogens (tertiary/aromatic N) is 2. The van der Waals surface area contributed by atoms with Gasteiger partial charge < -0.3 is 5.11 Å². The van der Waals surface area contributed by atoms with Crippen molar-refractivity contribution < 1.29 is 14.4 Å². The van der Waals surface area contributed by atoms with Crippen LogP contribution in [0, 0.1) is 22.9 Å². The average molecular weight is 313 g/mol. The van der Waals surface area contributed by atoms with Crippen molar-refractivity contribution in [3.63, 3.8) is 0 Å². The number of rotatable bonds is 3. The number of halogens is 1. The summed E-state index contributed by atoms with van der Waals surface area (Å²) < 4.78 is 14.0. The van der Waals surface area contributed by atoms with E-state index in [1.807, 2.05) is 13.0 Å². The quantitative estimate of drug-likeness (QED) is 0.568. The molecule has 0 aliphatic rings. The number of non-ortho nitro benzene ring substituents is 1. The molecule has 3 rings (SSSR count). The third-order valence-electron chi connectivity index (χ3n) is 3.46. The predicted octanol–water partition coefficient (Wildman–Crippen LogP) is 3.81. The van der Waals surface area contributed by atoms with Gasteiger partial charge in [-0.2, -0.15) is 5.10 Å². The summed E-state index contributed by atoms with van der Waals surface area (Å²) in [7, 11) is 0. The first-order valence-electron chi connectivity index (χ1n) is 6.75. The van der Waals surface area contributed by atoms with E-state index >= 15 is 0 Å². The average Bonchev–Trinajstić information content (AvgIpc) is 2.96. The summed E-state index contributed by atoms with van der Waals surface area (Å²) in [4.78, 5) is 9.99. The molecule has 0 saturated carbocycles. The van der Waals surface area contributed by atoms with Gasteiger partial charge in [-0.25, -0.2) is 4.39 Å². The van der Waals surface area contributed by atoms with Crippen LogP contribution in [0.3, 0.4) is 0 Å². The minimum Gasteiger partial charge on any atom is -0.507 e. The van der Waals surface area contributed by atoms with Crippen LogP contribution in [-0.2, 0) is 0 Å². The number of aromatic nitrogens is 2. The minimum atomic E-state index is -0.720. The number of phenolic OH excluding ortho intramolecular Hbond substituents is 1. The Morgan fingerprint density at radius 1 is 1.17 bits per heavy atom. The molecule has 0 aliphatic carbocycles. The standard InChI is InChI=1S/C16H12FN3O3/c1-9-2-4-12(16(21)6-9)15-8-14(18-19-15)11-5-3-10(20(22)23)7-13(11)17/h2-8,21H,1H3,(H,18,19). The Labute approximate surface area is 130 Å². The first kappa shape index (κ1) is 14.7. The van der Waals surface area contributed by atoms with E-state index < -0.39 is 10.7 Å². The summed E-state index contributed by atoms with van der Waals surface area (Å²) in [6, 6.07) is 10.1. The fourth-order valence-electron chi connectivity index (χ4n) is 2.29. The van der Waals surface area contributed by atoms with Crippen molar-refractivity contribution in [1.82, 2.24) is 10.2 Å². The van der Waals surface area contributed by atoms with Crippen LogP contribution in [0.15, 0.2) is 42.5 Å². The summed E-state index contributed by atoms with van der Waals surface area (Å²) in [5.41, 5.74) is 2.09. The molecule has 0 fully saturated rings. The van der Waals surface area contributed by atoms with Gasteiger partial charge in [0.2, 0.25) is 0 Å². The van der Waals surface area contributed by atoms with Crippen LogP contribution in [0.1, 0.15) is 5.56 Å². The van der Waals surface area contributed by atoms with Crippen molar-refractivity contribution in [3.05, 3.63) is 64.0 Å². The van der Waals surface area contributed by atoms with Crippen LogP contribution in [-0.4, -0.2) is 20.2 Å². The molecule has 2 aromatic carbocycles. The number of hydrogen-bond acceptors (Lipinski definition) is 4. The van der Waals surface area contributed by atoms with Crippen molar-refractivity contribution in [3.8, 4) is 28.3 Å². The maximum atomic E-state index is 14.0. The van der Waals surface area contributed by atoms with Gasteiger partial charge >= 0.3 is 0 Å². The van der Waals surface area contributed by atoms with Gasteiger partial charge in [0.1, 0.15) is 11.6 Å². The topological polar surface area (TPSA) is 92.0 Å². The summed E-state index contributed by atoms with van der Waals surface area (Å²) in [5, 5.41) is 27.4. The van der Waals surface area contributed by atoms with E-state index in [0.717, 1.165) is 11.6 Å². The third-order valence-corrected chi connectivity index (χ3v) is 3.46. The highest BCUT2D eigenvalue weighted by Crippen LogP contribution is 2.32. The number of aromatic hydroxyl groups is 1. The number of nitrogens with one attached hydrogen (secondary N) is 1. The van der Waals surface area contributed by atoms with Crippen LogP contribution in [0.5, 0.6) is 5.75 Å². The first-order chi connectivity index (χ1) is 11.0. The van der Waals surface area contributed by atoms with Crippen molar-refractivity contribution >= 4 is 5.69 Å². The maximum absolute atomic E-state index is 14.0. The normalized spacial score (nSPS) is 10.7. The zero-order chi connectivity index (χ0) is 16.6. The molecular formula is C16H12FN3O3. The van der Waals surface area contributed by atoms with Crippen molar-refractivity contribution in [1.29, 1.82) is 0 Å². The zero-order valence-electron chi connectivity index (χ0n) is 12.1. The number of hydrogen-bond donors (Lipinski definition) is 2. The molecule has 1 aromatic heterocycles. The van der Waals surface area contributed by atoms with Gasteiger partial charge in [-0.05, 0) is 36.8 Å². The van der Waals surface area contributed by atoms with E-state index in [1.165, 1.54) is 12.1 Å². The lowest BCUT2D eigenvalue weighted by Gasteiger charge is -2.01. The number of aryl methyl sites for hydroxylation is 1. The van der Waals surface area contributed by atoms with Gasteiger partial charge in [-0.15, -0.1) is 0 Å². The highest BCUT2D eigenvalue weighted by molar-refractivity contribution is 5.72. The van der Waals surface area contributed by atoms with Crippen molar-refractivity contribution in [2.75, 3.05) is 0 Å². The molecule has 0 aliphatic heterocycles. The second kappa shape index (κ2) is 5.53. The largest absolute Gasteiger partial charge is 0.507 e. The fourth-order valence-corrected chi connectivity index (χ4v) is 2.29. The summed E-state index contributed by atoms with van der Waals surface area (Å²) >= 11 is 0. The molecule has 0 spiro atoms. The van der Waals surface area contributed by atoms with Gasteiger partial charge in [0.15, 0.2) is 0 Å². The Morgan fingerprint density at radius 3 is 2.57 bits per heavy atom. The van der Waals surface area contributed by atoms with Gasteiger partial charge in [-0.1, -0.05) is 6.07 Å². The van der Waals surface area contributed by atoms with Gasteiger partial charge in [0, 0.05) is 17.2 Å². The molecule has 0 bridgehead atoms. The molecule has 6 nitrogen and oxygen atoms in total. The molecule has 2 N–H and O–H groups in total. The minimum absolute atomic E-state index is 0.0761. The first-order valence-corrected chi connectivity index (χ1v) is 6.75. The molecule has 23 heavy (non-hydrogen) atoms. The number of phenols is 1. The Kier molecular flexibility index (Phi) is 3.53. The predicted molar refractivity (Wildman–Crippen MR) is 82.5 cm³/mol. The lowest BCUT2D eigenvalue weighted by atomic mass is 10.1. The van der Waals surface area contributed by atoms with Crippen LogP contribution in [0.25, 0.3) is 22.5 Å². The summed E-state index contributed by atoms with van der Waals surface area (Å²) in [6.45, 7) is 1.85. The van der Waals surface area contributed by atoms with Gasteiger partial charge in [0.25, 0.3) is 5.69 Å². The van der Waals surface area contributed by atoms with E-state index in [0.29, 0.717) is 17.0 Å². The molecule has 0 atom stereocenters. The molecule has 0 unspecified atom stereocenters. The number of H-pyrrole nitrogens is 1. The molecule has 3 aromatic rings. The Hall–Kier alpha value is -3.22. The monoisotopic (exact) mass is 313 g/mol. The van der Waals surface area contributed by atoms with Gasteiger partial charge in [0.05, 0.1) is 22.4 Å². The fraction of sp³-hybridized carbons (Fsp3) is 0.0625. The molecule has 116 valence electrons. The molecule has 0 radical (unpaired) electrons. The lowest BCUT2D eigenvalue weighted by Crippen LogP contribution is -1.91. The summed E-state index contributed by atoms with van der Waals surface area (Å²) in [5.74, 6) is -0.644. The Bertz CT molecular complexity index is 905. The second-order valence-corrected chi connectivity index (χ2v) is 5.11. The van der Waals surface area contributed by atoms with Crippen molar-refractivity contribution in [2.24, 2.45) is 0 Å². The number of nitro benzene ring substituents is 1. The van der Waals surface area contributed by atoms with E-state index in [2.05, 4.69) is 10.2 Å². The zero-order valence-corrected chi connectivity index (χ0v) is 12.1. The van der Waals surface area contributed by atoms with Crippen LogP contribution >= 0.6 is 0 Å². The van der Waals surface area contributed by atoms with E-state index in [1.54, 1.807) is 18.2 Å². The Morgan fingerprint density at radius 2 is 1.91 bits per heavy atom. The smallest absolute Gasteiger partial charge is 0.272 e. The second-order valence-electron chi connectivity index (χ2n) is 5.11. The van der Waals surface area contributed by atoms with Crippen LogP contribution in [0.2, 0.25) is 0 Å².